The van der Waals surface area contributed by atoms with Gasteiger partial charge in [0.25, 0.3) is 10.0 Å². The minimum atomic E-state index is -3.58. The van der Waals surface area contributed by atoms with E-state index in [1.165, 1.54) is 16.9 Å². The van der Waals surface area contributed by atoms with Gasteiger partial charge < -0.3 is 0 Å². The topological polar surface area (TPSA) is 59.1 Å². The lowest BCUT2D eigenvalue weighted by atomic mass is 10.2. The fourth-order valence-corrected chi connectivity index (χ4v) is 5.53. The predicted molar refractivity (Wildman–Crippen MR) is 106 cm³/mol. The maximum Gasteiger partial charge on any atom is 0.271 e. The molecule has 0 fully saturated rings. The average molecular weight is 393 g/mol. The van der Waals surface area contributed by atoms with Gasteiger partial charge >= 0.3 is 0 Å². The standard InChI is InChI=1S/C18H20N2O2S3/c1-4-13-5-7-15(8-6-13)20-25(21,22)17-9-14(10-23-17)18-19-16(11-24-18)12(2)3/h5-12,20H,4H2,1-3H3. The van der Waals surface area contributed by atoms with Crippen molar-refractivity contribution in [2.75, 3.05) is 4.72 Å². The van der Waals surface area contributed by atoms with Crippen molar-refractivity contribution in [1.82, 2.24) is 4.98 Å². The van der Waals surface area contributed by atoms with E-state index in [1.807, 2.05) is 22.9 Å². The van der Waals surface area contributed by atoms with E-state index >= 15 is 0 Å². The number of rotatable bonds is 6. The van der Waals surface area contributed by atoms with Crippen LogP contribution in [0.25, 0.3) is 10.6 Å². The lowest BCUT2D eigenvalue weighted by Crippen LogP contribution is -2.11. The maximum atomic E-state index is 12.6. The number of anilines is 1. The first-order chi connectivity index (χ1) is 11.9. The number of thiophene rings is 1. The highest BCUT2D eigenvalue weighted by molar-refractivity contribution is 7.94. The second-order valence-electron chi connectivity index (χ2n) is 6.04. The van der Waals surface area contributed by atoms with Crippen molar-refractivity contribution in [3.05, 3.63) is 52.3 Å². The van der Waals surface area contributed by atoms with Gasteiger partial charge in [-0.15, -0.1) is 22.7 Å². The Morgan fingerprint density at radius 1 is 1.12 bits per heavy atom. The largest absolute Gasteiger partial charge is 0.279 e. The molecule has 0 amide bonds. The smallest absolute Gasteiger partial charge is 0.271 e. The predicted octanol–water partition coefficient (Wildman–Crippen LogP) is 5.36. The van der Waals surface area contributed by atoms with Crippen LogP contribution in [-0.2, 0) is 16.4 Å². The molecule has 0 bridgehead atoms. The van der Waals surface area contributed by atoms with Gasteiger partial charge in [0.15, 0.2) is 0 Å². The van der Waals surface area contributed by atoms with Crippen LogP contribution in [0.2, 0.25) is 0 Å². The van der Waals surface area contributed by atoms with Gasteiger partial charge in [-0.1, -0.05) is 32.9 Å². The molecule has 0 aliphatic heterocycles. The molecule has 132 valence electrons. The summed E-state index contributed by atoms with van der Waals surface area (Å²) in [4.78, 5) is 4.59. The molecule has 0 saturated heterocycles. The van der Waals surface area contributed by atoms with Crippen LogP contribution in [0.4, 0.5) is 5.69 Å². The molecule has 1 aromatic carbocycles. The summed E-state index contributed by atoms with van der Waals surface area (Å²) in [5.74, 6) is 0.361. The molecule has 0 spiro atoms. The molecule has 4 nitrogen and oxygen atoms in total. The SMILES string of the molecule is CCc1ccc(NS(=O)(=O)c2cc(-c3nc(C(C)C)cs3)cs2)cc1. The van der Waals surface area contributed by atoms with E-state index in [-0.39, 0.29) is 0 Å². The minimum Gasteiger partial charge on any atom is -0.279 e. The van der Waals surface area contributed by atoms with Crippen molar-refractivity contribution in [1.29, 1.82) is 0 Å². The molecule has 3 aromatic rings. The van der Waals surface area contributed by atoms with Crippen LogP contribution in [0.15, 0.2) is 45.3 Å². The Hall–Kier alpha value is -1.70. The summed E-state index contributed by atoms with van der Waals surface area (Å²) < 4.78 is 28.1. The van der Waals surface area contributed by atoms with Crippen molar-refractivity contribution in [2.45, 2.75) is 37.3 Å². The number of hydrogen-bond acceptors (Lipinski definition) is 5. The molecule has 2 aromatic heterocycles. The van der Waals surface area contributed by atoms with Gasteiger partial charge in [-0.05, 0) is 36.1 Å². The van der Waals surface area contributed by atoms with Crippen LogP contribution in [0.1, 0.15) is 37.9 Å². The Morgan fingerprint density at radius 3 is 2.44 bits per heavy atom. The third kappa shape index (κ3) is 4.11. The van der Waals surface area contributed by atoms with Crippen LogP contribution in [-0.4, -0.2) is 13.4 Å². The second kappa shape index (κ2) is 7.27. The minimum absolute atomic E-state index is 0.295. The Bertz CT molecular complexity index is 954. The summed E-state index contributed by atoms with van der Waals surface area (Å²) in [6.07, 6.45) is 0.924. The van der Waals surface area contributed by atoms with Crippen molar-refractivity contribution < 1.29 is 8.42 Å². The normalized spacial score (nSPS) is 11.8. The summed E-state index contributed by atoms with van der Waals surface area (Å²) >= 11 is 2.76. The van der Waals surface area contributed by atoms with Gasteiger partial charge in [0, 0.05) is 22.0 Å². The maximum absolute atomic E-state index is 12.6. The Labute approximate surface area is 156 Å². The molecule has 0 aliphatic carbocycles. The highest BCUT2D eigenvalue weighted by Crippen LogP contribution is 2.32. The van der Waals surface area contributed by atoms with Crippen LogP contribution in [0, 0.1) is 0 Å². The molecular weight excluding hydrogens is 372 g/mol. The number of nitrogens with zero attached hydrogens (tertiary/aromatic N) is 1. The van der Waals surface area contributed by atoms with Crippen LogP contribution in [0.3, 0.4) is 0 Å². The number of nitrogens with one attached hydrogen (secondary N) is 1. The van der Waals surface area contributed by atoms with Crippen molar-refractivity contribution >= 4 is 38.4 Å². The molecule has 0 saturated carbocycles. The van der Waals surface area contributed by atoms with Gasteiger partial charge in [0.2, 0.25) is 0 Å². The van der Waals surface area contributed by atoms with Crippen LogP contribution < -0.4 is 4.72 Å². The first-order valence-corrected chi connectivity index (χ1v) is 11.3. The van der Waals surface area contributed by atoms with Crippen LogP contribution in [0.5, 0.6) is 0 Å². The average Bonchev–Trinajstić information content (AvgIpc) is 3.24. The van der Waals surface area contributed by atoms with E-state index in [4.69, 9.17) is 0 Å². The molecule has 0 unspecified atom stereocenters. The van der Waals surface area contributed by atoms with E-state index in [0.29, 0.717) is 15.8 Å². The van der Waals surface area contributed by atoms with Crippen molar-refractivity contribution in [3.63, 3.8) is 0 Å². The van der Waals surface area contributed by atoms with E-state index in [9.17, 15) is 8.42 Å². The number of aryl methyl sites for hydroxylation is 1. The number of aromatic nitrogens is 1. The number of sulfonamides is 1. The molecule has 3 rings (SSSR count). The zero-order chi connectivity index (χ0) is 18.0. The summed E-state index contributed by atoms with van der Waals surface area (Å²) in [5, 5.41) is 4.73. The fourth-order valence-electron chi connectivity index (χ4n) is 2.27. The molecule has 2 heterocycles. The Kier molecular flexibility index (Phi) is 5.27. The van der Waals surface area contributed by atoms with E-state index < -0.39 is 10.0 Å². The van der Waals surface area contributed by atoms with E-state index in [2.05, 4.69) is 30.5 Å². The lowest BCUT2D eigenvalue weighted by Gasteiger charge is -2.06. The first kappa shape index (κ1) is 18.1. The second-order valence-corrected chi connectivity index (χ2v) is 9.72. The Morgan fingerprint density at radius 2 is 1.84 bits per heavy atom. The Balaban J connectivity index is 1.81. The van der Waals surface area contributed by atoms with E-state index in [1.54, 1.807) is 29.5 Å². The summed E-state index contributed by atoms with van der Waals surface area (Å²) in [5.41, 5.74) is 3.63. The van der Waals surface area contributed by atoms with Crippen LogP contribution >= 0.6 is 22.7 Å². The van der Waals surface area contributed by atoms with Crippen molar-refractivity contribution in [3.8, 4) is 10.6 Å². The van der Waals surface area contributed by atoms with Gasteiger partial charge in [-0.25, -0.2) is 13.4 Å². The monoisotopic (exact) mass is 392 g/mol. The number of thiazole rings is 1. The summed E-state index contributed by atoms with van der Waals surface area (Å²) in [6.45, 7) is 6.25. The molecule has 0 radical (unpaired) electrons. The zero-order valence-electron chi connectivity index (χ0n) is 14.3. The highest BCUT2D eigenvalue weighted by atomic mass is 32.2. The van der Waals surface area contributed by atoms with Gasteiger partial charge in [-0.3, -0.25) is 4.72 Å². The first-order valence-electron chi connectivity index (χ1n) is 8.05. The third-order valence-electron chi connectivity index (χ3n) is 3.82. The van der Waals surface area contributed by atoms with Crippen molar-refractivity contribution in [2.24, 2.45) is 0 Å². The highest BCUT2D eigenvalue weighted by Gasteiger charge is 2.19. The molecule has 0 atom stereocenters. The molecule has 7 heteroatoms. The summed E-state index contributed by atoms with van der Waals surface area (Å²) in [6, 6.07) is 9.14. The number of hydrogen-bond donors (Lipinski definition) is 1. The molecular formula is C18H20N2O2S3. The van der Waals surface area contributed by atoms with Gasteiger partial charge in [0.05, 0.1) is 5.69 Å². The number of benzene rings is 1. The summed E-state index contributed by atoms with van der Waals surface area (Å²) in [7, 11) is -3.58. The lowest BCUT2D eigenvalue weighted by molar-refractivity contribution is 0.603. The molecule has 0 aliphatic rings. The van der Waals surface area contributed by atoms with E-state index in [0.717, 1.165) is 22.7 Å². The molecule has 1 N–H and O–H groups in total. The quantitative estimate of drug-likeness (QED) is 0.614. The molecule has 25 heavy (non-hydrogen) atoms. The van der Waals surface area contributed by atoms with Gasteiger partial charge in [-0.2, -0.15) is 0 Å². The fraction of sp³-hybridized carbons (Fsp3) is 0.278. The zero-order valence-corrected chi connectivity index (χ0v) is 16.8. The van der Waals surface area contributed by atoms with Gasteiger partial charge in [0.1, 0.15) is 9.22 Å². The third-order valence-corrected chi connectivity index (χ3v) is 7.55.